The van der Waals surface area contributed by atoms with Gasteiger partial charge >= 0.3 is 0 Å². The molecule has 1 N–H and O–H groups in total. The first kappa shape index (κ1) is 18.5. The van der Waals surface area contributed by atoms with E-state index in [0.29, 0.717) is 4.90 Å². The highest BCUT2D eigenvalue weighted by Crippen LogP contribution is 2.22. The second-order valence-electron chi connectivity index (χ2n) is 5.23. The third kappa shape index (κ3) is 4.71. The third-order valence-electron chi connectivity index (χ3n) is 3.83. The Balaban J connectivity index is 3.02. The van der Waals surface area contributed by atoms with Crippen LogP contribution in [0.25, 0.3) is 0 Å². The van der Waals surface area contributed by atoms with Gasteiger partial charge in [0.15, 0.2) is 0 Å². The third-order valence-corrected chi connectivity index (χ3v) is 6.44. The molecule has 0 amide bonds. The maximum Gasteiger partial charge on any atom is 0.243 e. The molecule has 0 saturated carbocycles. The molecule has 0 heterocycles. The number of nitrogens with one attached hydrogen (secondary N) is 1. The average Bonchev–Trinajstić information content (AvgIpc) is 2.50. The Morgan fingerprint density at radius 2 is 2.00 bits per heavy atom. The Morgan fingerprint density at radius 1 is 1.33 bits per heavy atom. The van der Waals surface area contributed by atoms with Gasteiger partial charge in [-0.2, -0.15) is 16.1 Å². The Kier molecular flexibility index (Phi) is 7.20. The molecule has 2 atom stereocenters. The van der Waals surface area contributed by atoms with Gasteiger partial charge in [0.25, 0.3) is 0 Å². The predicted octanol–water partition coefficient (Wildman–Crippen LogP) is 2.73. The van der Waals surface area contributed by atoms with Gasteiger partial charge in [-0.3, -0.25) is 0 Å². The van der Waals surface area contributed by atoms with E-state index in [-0.39, 0.29) is 12.1 Å². The van der Waals surface area contributed by atoms with Gasteiger partial charge in [-0.1, -0.05) is 12.1 Å². The first-order valence-electron chi connectivity index (χ1n) is 7.08. The minimum atomic E-state index is -3.44. The van der Waals surface area contributed by atoms with Gasteiger partial charge in [0.05, 0.1) is 4.90 Å². The first-order chi connectivity index (χ1) is 9.84. The number of benzene rings is 1. The monoisotopic (exact) mass is 330 g/mol. The molecule has 1 rings (SSSR count). The van der Waals surface area contributed by atoms with E-state index >= 15 is 0 Å². The SMILES string of the molecule is CNC(C)c1cccc(S(=O)(=O)N(C)C(C)CCSC)c1. The predicted molar refractivity (Wildman–Crippen MR) is 91.3 cm³/mol. The summed E-state index contributed by atoms with van der Waals surface area (Å²) in [4.78, 5) is 0.362. The van der Waals surface area contributed by atoms with E-state index in [2.05, 4.69) is 5.32 Å². The molecule has 0 radical (unpaired) electrons. The van der Waals surface area contributed by atoms with Crippen LogP contribution in [0, 0.1) is 0 Å². The summed E-state index contributed by atoms with van der Waals surface area (Å²) in [5.74, 6) is 0.956. The highest BCUT2D eigenvalue weighted by Gasteiger charge is 2.25. The molecule has 0 saturated heterocycles. The summed E-state index contributed by atoms with van der Waals surface area (Å²) in [5.41, 5.74) is 0.976. The molecular weight excluding hydrogens is 304 g/mol. The van der Waals surface area contributed by atoms with E-state index in [9.17, 15) is 8.42 Å². The summed E-state index contributed by atoms with van der Waals surface area (Å²) < 4.78 is 26.9. The molecule has 1 aromatic rings. The standard InChI is InChI=1S/C15H26N2O2S2/c1-12(9-10-20-5)17(4)21(18,19)15-8-6-7-14(11-15)13(2)16-3/h6-8,11-13,16H,9-10H2,1-5H3. The average molecular weight is 331 g/mol. The van der Waals surface area contributed by atoms with Crippen molar-refractivity contribution in [3.05, 3.63) is 29.8 Å². The zero-order valence-corrected chi connectivity index (χ0v) is 15.1. The van der Waals surface area contributed by atoms with Crippen molar-refractivity contribution < 1.29 is 8.42 Å². The van der Waals surface area contributed by atoms with Crippen LogP contribution >= 0.6 is 11.8 Å². The van der Waals surface area contributed by atoms with E-state index in [4.69, 9.17) is 0 Å². The molecule has 0 aliphatic heterocycles. The molecule has 0 aliphatic rings. The van der Waals surface area contributed by atoms with Crippen LogP contribution in [0.1, 0.15) is 31.9 Å². The topological polar surface area (TPSA) is 49.4 Å². The number of sulfonamides is 1. The highest BCUT2D eigenvalue weighted by molar-refractivity contribution is 7.98. The fraction of sp³-hybridized carbons (Fsp3) is 0.600. The van der Waals surface area contributed by atoms with Gasteiger partial charge in [0.2, 0.25) is 10.0 Å². The second kappa shape index (κ2) is 8.17. The van der Waals surface area contributed by atoms with Crippen LogP contribution in [0.3, 0.4) is 0 Å². The molecular formula is C15H26N2O2S2. The summed E-state index contributed by atoms with van der Waals surface area (Å²) in [6, 6.07) is 7.29. The summed E-state index contributed by atoms with van der Waals surface area (Å²) in [6.07, 6.45) is 2.88. The summed E-state index contributed by atoms with van der Waals surface area (Å²) in [7, 11) is 0.0882. The van der Waals surface area contributed by atoms with Crippen molar-refractivity contribution in [3.63, 3.8) is 0 Å². The maximum absolute atomic E-state index is 12.7. The van der Waals surface area contributed by atoms with Crippen LogP contribution in [0.15, 0.2) is 29.2 Å². The lowest BCUT2D eigenvalue weighted by Crippen LogP contribution is -2.35. The van der Waals surface area contributed by atoms with Crippen LogP contribution < -0.4 is 5.32 Å². The number of rotatable bonds is 8. The zero-order valence-electron chi connectivity index (χ0n) is 13.5. The van der Waals surface area contributed by atoms with E-state index in [0.717, 1.165) is 17.7 Å². The van der Waals surface area contributed by atoms with E-state index in [1.165, 1.54) is 4.31 Å². The van der Waals surface area contributed by atoms with Crippen molar-refractivity contribution >= 4 is 21.8 Å². The van der Waals surface area contributed by atoms with Crippen LogP contribution in [0.5, 0.6) is 0 Å². The van der Waals surface area contributed by atoms with Crippen molar-refractivity contribution in [1.29, 1.82) is 0 Å². The Bertz CT molecular complexity index is 546. The Hall–Kier alpha value is -0.560. The maximum atomic E-state index is 12.7. The molecule has 2 unspecified atom stereocenters. The molecule has 4 nitrogen and oxygen atoms in total. The van der Waals surface area contributed by atoms with Gasteiger partial charge in [-0.15, -0.1) is 0 Å². The van der Waals surface area contributed by atoms with Crippen molar-refractivity contribution in [2.75, 3.05) is 26.1 Å². The molecule has 0 aromatic heterocycles. The van der Waals surface area contributed by atoms with Gasteiger partial charge in [-0.25, -0.2) is 8.42 Å². The molecule has 6 heteroatoms. The van der Waals surface area contributed by atoms with E-state index in [1.54, 1.807) is 37.0 Å². The minimum Gasteiger partial charge on any atom is -0.313 e. The van der Waals surface area contributed by atoms with Crippen LogP contribution in [-0.4, -0.2) is 44.9 Å². The zero-order chi connectivity index (χ0) is 16.0. The fourth-order valence-electron chi connectivity index (χ4n) is 1.98. The lowest BCUT2D eigenvalue weighted by Gasteiger charge is -2.24. The van der Waals surface area contributed by atoms with Gasteiger partial charge < -0.3 is 5.32 Å². The molecule has 0 fully saturated rings. The van der Waals surface area contributed by atoms with E-state index in [1.807, 2.05) is 33.2 Å². The molecule has 0 spiro atoms. The quantitative estimate of drug-likeness (QED) is 0.796. The smallest absolute Gasteiger partial charge is 0.243 e. The fourth-order valence-corrected chi connectivity index (χ4v) is 4.01. The molecule has 1 aromatic carbocycles. The summed E-state index contributed by atoms with van der Waals surface area (Å²) in [5, 5.41) is 3.13. The Labute approximate surface area is 133 Å². The van der Waals surface area contributed by atoms with Gasteiger partial charge in [0.1, 0.15) is 0 Å². The first-order valence-corrected chi connectivity index (χ1v) is 9.92. The van der Waals surface area contributed by atoms with Gasteiger partial charge in [-0.05, 0) is 57.0 Å². The van der Waals surface area contributed by atoms with Crippen molar-refractivity contribution in [1.82, 2.24) is 9.62 Å². The molecule has 0 aliphatic carbocycles. The number of thioether (sulfide) groups is 1. The van der Waals surface area contributed by atoms with Crippen LogP contribution in [-0.2, 0) is 10.0 Å². The normalized spacial score (nSPS) is 15.1. The summed E-state index contributed by atoms with van der Waals surface area (Å²) in [6.45, 7) is 3.96. The number of nitrogens with zero attached hydrogens (tertiary/aromatic N) is 1. The summed E-state index contributed by atoms with van der Waals surface area (Å²) >= 11 is 1.73. The van der Waals surface area contributed by atoms with Crippen molar-refractivity contribution in [3.8, 4) is 0 Å². The molecule has 0 bridgehead atoms. The molecule has 21 heavy (non-hydrogen) atoms. The Morgan fingerprint density at radius 3 is 2.57 bits per heavy atom. The second-order valence-corrected chi connectivity index (χ2v) is 8.22. The highest BCUT2D eigenvalue weighted by atomic mass is 32.2. The van der Waals surface area contributed by atoms with Crippen molar-refractivity contribution in [2.24, 2.45) is 0 Å². The van der Waals surface area contributed by atoms with E-state index < -0.39 is 10.0 Å². The van der Waals surface area contributed by atoms with Gasteiger partial charge in [0, 0.05) is 19.1 Å². The lowest BCUT2D eigenvalue weighted by molar-refractivity contribution is 0.382. The molecule has 120 valence electrons. The van der Waals surface area contributed by atoms with Crippen molar-refractivity contribution in [2.45, 2.75) is 37.2 Å². The minimum absolute atomic E-state index is 0.00664. The largest absolute Gasteiger partial charge is 0.313 e. The number of hydrogen-bond donors (Lipinski definition) is 1. The lowest BCUT2D eigenvalue weighted by atomic mass is 10.1. The van der Waals surface area contributed by atoms with Crippen LogP contribution in [0.4, 0.5) is 0 Å². The number of hydrogen-bond acceptors (Lipinski definition) is 4. The van der Waals surface area contributed by atoms with Crippen LogP contribution in [0.2, 0.25) is 0 Å².